The van der Waals surface area contributed by atoms with Gasteiger partial charge in [0.1, 0.15) is 0 Å². The first kappa shape index (κ1) is 53.6. The zero-order valence-electron chi connectivity index (χ0n) is 38.5. The molecule has 0 bridgehead atoms. The predicted molar refractivity (Wildman–Crippen MR) is 303 cm³/mol. The summed E-state index contributed by atoms with van der Waals surface area (Å²) in [5, 5.41) is 15.9. The summed E-state index contributed by atoms with van der Waals surface area (Å²) in [5.41, 5.74) is 3.07. The van der Waals surface area contributed by atoms with Gasteiger partial charge in [-0.15, -0.1) is 0 Å². The first-order valence-corrected chi connectivity index (χ1v) is 26.0. The van der Waals surface area contributed by atoms with Gasteiger partial charge in [0.05, 0.1) is 0 Å². The average Bonchev–Trinajstić information content (AvgIpc) is 3.42. The molecule has 2 aliphatic rings. The van der Waals surface area contributed by atoms with Gasteiger partial charge in [-0.3, -0.25) is 9.59 Å². The monoisotopic (exact) mass is 1090 g/mol. The van der Waals surface area contributed by atoms with Crippen molar-refractivity contribution in [2.75, 3.05) is 10.6 Å². The molecule has 2 aliphatic carbocycles. The molecule has 0 aliphatic heterocycles. The van der Waals surface area contributed by atoms with Crippen LogP contribution in [0.15, 0.2) is 303 Å². The SMILES string of the molecule is O=C1C=CC=C/C1=C\Nc1ccc(Cl)cc1.O=C1C=CC=C/C1=C\Nc1ccc(Cl)cc1.[Ru].c1ccc(P(c2ccccc2)c2ccccc2)cc1.c1ccc(P(c2ccccc2)c2ccccc2)cc1. The molecule has 8 aromatic rings. The van der Waals surface area contributed by atoms with Crippen LogP contribution >= 0.6 is 39.0 Å². The normalized spacial score (nSPS) is 13.2. The van der Waals surface area contributed by atoms with E-state index in [2.05, 4.69) is 193 Å². The Morgan fingerprint density at radius 1 is 0.310 bits per heavy atom. The van der Waals surface area contributed by atoms with E-state index < -0.39 is 15.8 Å². The third-order valence-corrected chi connectivity index (χ3v) is 15.8. The fraction of sp³-hybridized carbons (Fsp3) is 0. The average molecular weight is 1090 g/mol. The summed E-state index contributed by atoms with van der Waals surface area (Å²) in [6.45, 7) is 0. The first-order valence-electron chi connectivity index (χ1n) is 22.5. The molecule has 9 heteroatoms. The van der Waals surface area contributed by atoms with Crippen molar-refractivity contribution in [3.63, 3.8) is 0 Å². The Kier molecular flexibility index (Phi) is 22.2. The molecule has 0 amide bonds. The van der Waals surface area contributed by atoms with Crippen LogP contribution in [0.4, 0.5) is 11.4 Å². The molecule has 0 radical (unpaired) electrons. The number of carbonyl (C=O) groups excluding carboxylic acids is 2. The van der Waals surface area contributed by atoms with Gasteiger partial charge in [-0.1, -0.05) is 229 Å². The van der Waals surface area contributed by atoms with Gasteiger partial charge in [0.25, 0.3) is 0 Å². The number of benzene rings is 8. The van der Waals surface area contributed by atoms with Crippen molar-refractivity contribution in [2.45, 2.75) is 0 Å². The Balaban J connectivity index is 0.000000155. The van der Waals surface area contributed by atoms with E-state index >= 15 is 0 Å². The van der Waals surface area contributed by atoms with Crippen LogP contribution in [-0.4, -0.2) is 11.6 Å². The van der Waals surface area contributed by atoms with Crippen molar-refractivity contribution < 1.29 is 29.1 Å². The molecule has 0 saturated heterocycles. The molecule has 352 valence electrons. The molecule has 2 N–H and O–H groups in total. The van der Waals surface area contributed by atoms with Crippen LogP contribution < -0.4 is 42.5 Å². The van der Waals surface area contributed by atoms with Crippen LogP contribution in [0.5, 0.6) is 0 Å². The van der Waals surface area contributed by atoms with Gasteiger partial charge >= 0.3 is 0 Å². The second-order valence-corrected chi connectivity index (χ2v) is 20.7. The number of rotatable bonds is 10. The number of hydrogen-bond donors (Lipinski definition) is 2. The zero-order valence-corrected chi connectivity index (χ0v) is 43.6. The minimum absolute atomic E-state index is 0. The largest absolute Gasteiger partial charge is 0.361 e. The van der Waals surface area contributed by atoms with Crippen LogP contribution in [0.25, 0.3) is 0 Å². The van der Waals surface area contributed by atoms with Crippen LogP contribution in [0.2, 0.25) is 10.0 Å². The Morgan fingerprint density at radius 2 is 0.535 bits per heavy atom. The molecular weight excluding hydrogens is 1040 g/mol. The smallest absolute Gasteiger partial charge is 0.187 e. The number of hydrogen-bond acceptors (Lipinski definition) is 4. The number of allylic oxidation sites excluding steroid dienone is 10. The molecule has 0 unspecified atom stereocenters. The summed E-state index contributed by atoms with van der Waals surface area (Å²) in [6.07, 6.45) is 17.1. The standard InChI is InChI=1S/2C18H15P.2C13H10ClNO.Ru/c2*1-4-10-16(11-5-1)19(17-12-6-2-7-13-17)18-14-8-3-9-15-18;2*14-11-5-7-12(8-6-11)15-9-10-3-1-2-4-13(10)16;/h2*1-15H;2*1-9,15H;/b;;2*10-9+;. The molecule has 10 rings (SSSR count). The van der Waals surface area contributed by atoms with E-state index in [1.807, 2.05) is 36.4 Å². The van der Waals surface area contributed by atoms with E-state index in [4.69, 9.17) is 23.2 Å². The van der Waals surface area contributed by atoms with Crippen molar-refractivity contribution in [1.29, 1.82) is 0 Å². The molecule has 0 heterocycles. The summed E-state index contributed by atoms with van der Waals surface area (Å²) in [7, 11) is -0.892. The third kappa shape index (κ3) is 17.2. The maximum Gasteiger partial charge on any atom is 0.187 e. The predicted octanol–water partition coefficient (Wildman–Crippen LogP) is 13.5. The van der Waals surface area contributed by atoms with Gasteiger partial charge in [0.2, 0.25) is 0 Å². The summed E-state index contributed by atoms with van der Waals surface area (Å²) in [4.78, 5) is 22.8. The molecule has 0 spiro atoms. The zero-order chi connectivity index (χ0) is 48.6. The Hall–Kier alpha value is -6.80. The molecule has 0 aromatic heterocycles. The van der Waals surface area contributed by atoms with Gasteiger partial charge in [-0.2, -0.15) is 0 Å². The van der Waals surface area contributed by atoms with E-state index in [1.165, 1.54) is 44.0 Å². The van der Waals surface area contributed by atoms with Gasteiger partial charge in [-0.25, -0.2) is 0 Å². The fourth-order valence-electron chi connectivity index (χ4n) is 6.97. The molecule has 71 heavy (non-hydrogen) atoms. The van der Waals surface area contributed by atoms with E-state index in [9.17, 15) is 9.59 Å². The summed E-state index contributed by atoms with van der Waals surface area (Å²) < 4.78 is 0. The van der Waals surface area contributed by atoms with Crippen LogP contribution in [0, 0.1) is 0 Å². The second kappa shape index (κ2) is 29.4. The van der Waals surface area contributed by atoms with E-state index in [0.717, 1.165) is 11.4 Å². The van der Waals surface area contributed by atoms with Crippen LogP contribution in [0.3, 0.4) is 0 Å². The third-order valence-electron chi connectivity index (χ3n) is 10.4. The van der Waals surface area contributed by atoms with E-state index in [1.54, 1.807) is 61.0 Å². The van der Waals surface area contributed by atoms with Gasteiger partial charge in [0.15, 0.2) is 11.6 Å². The maximum absolute atomic E-state index is 11.4. The maximum atomic E-state index is 11.4. The minimum Gasteiger partial charge on any atom is -0.361 e. The van der Waals surface area contributed by atoms with Gasteiger partial charge in [0, 0.05) is 64.4 Å². The van der Waals surface area contributed by atoms with Crippen molar-refractivity contribution in [1.82, 2.24) is 0 Å². The molecule has 8 aromatic carbocycles. The topological polar surface area (TPSA) is 58.2 Å². The summed E-state index contributed by atoms with van der Waals surface area (Å²) in [5.74, 6) is 0.00734. The fourth-order valence-corrected chi connectivity index (χ4v) is 11.8. The number of halogens is 2. The van der Waals surface area contributed by atoms with Crippen LogP contribution in [0.1, 0.15) is 0 Å². The molecule has 4 nitrogen and oxygen atoms in total. The van der Waals surface area contributed by atoms with Crippen molar-refractivity contribution in [3.05, 3.63) is 313 Å². The summed E-state index contributed by atoms with van der Waals surface area (Å²) in [6, 6.07) is 79.2. The molecule has 0 saturated carbocycles. The van der Waals surface area contributed by atoms with E-state index in [0.29, 0.717) is 21.2 Å². The Morgan fingerprint density at radius 3 is 0.761 bits per heavy atom. The van der Waals surface area contributed by atoms with Gasteiger partial charge in [-0.05, 0) is 121 Å². The first-order chi connectivity index (χ1) is 34.4. The Bertz CT molecular complexity index is 2660. The van der Waals surface area contributed by atoms with Crippen molar-refractivity contribution in [3.8, 4) is 0 Å². The van der Waals surface area contributed by atoms with Gasteiger partial charge < -0.3 is 10.6 Å². The number of anilines is 2. The Labute approximate surface area is 443 Å². The molecule has 0 atom stereocenters. The van der Waals surface area contributed by atoms with Crippen molar-refractivity contribution >= 4 is 93.8 Å². The quantitative estimate of drug-likeness (QED) is 0.0814. The number of nitrogens with one attached hydrogen (secondary N) is 2. The van der Waals surface area contributed by atoms with Crippen molar-refractivity contribution in [2.24, 2.45) is 0 Å². The minimum atomic E-state index is -0.446. The number of ketones is 2. The van der Waals surface area contributed by atoms with E-state index in [-0.39, 0.29) is 31.0 Å². The molecular formula is C62H50Cl2N2O2P2Ru. The summed E-state index contributed by atoms with van der Waals surface area (Å²) >= 11 is 11.5. The molecule has 0 fully saturated rings. The number of carbonyl (C=O) groups is 2. The van der Waals surface area contributed by atoms with Crippen LogP contribution in [-0.2, 0) is 29.1 Å². The second-order valence-electron chi connectivity index (χ2n) is 15.4.